The number of nitrogens with one attached hydrogen (secondary N) is 2. The Morgan fingerprint density at radius 1 is 1.62 bits per heavy atom. The van der Waals surface area contributed by atoms with Crippen molar-refractivity contribution < 1.29 is 13.2 Å². The van der Waals surface area contributed by atoms with E-state index in [1.165, 1.54) is 7.11 Å². The summed E-state index contributed by atoms with van der Waals surface area (Å²) in [5, 5.41) is 3.09. The van der Waals surface area contributed by atoms with Crippen molar-refractivity contribution in [3.63, 3.8) is 0 Å². The topological polar surface area (TPSA) is 67.4 Å². The van der Waals surface area contributed by atoms with Crippen molar-refractivity contribution >= 4 is 10.0 Å². The normalized spacial score (nSPS) is 23.6. The van der Waals surface area contributed by atoms with Gasteiger partial charge in [0.05, 0.1) is 12.4 Å². The number of hydrogen-bond donors (Lipinski definition) is 2. The first-order valence-corrected chi connectivity index (χ1v) is 5.99. The summed E-state index contributed by atoms with van der Waals surface area (Å²) in [6.45, 7) is 1.86. The molecule has 0 spiro atoms. The Morgan fingerprint density at radius 3 is 2.92 bits per heavy atom. The Morgan fingerprint density at radius 2 is 2.38 bits per heavy atom. The molecule has 5 nitrogen and oxygen atoms in total. The van der Waals surface area contributed by atoms with Gasteiger partial charge in [0.1, 0.15) is 0 Å². The molecule has 0 radical (unpaired) electrons. The van der Waals surface area contributed by atoms with Crippen molar-refractivity contribution in [3.05, 3.63) is 0 Å². The number of hydrogen-bond acceptors (Lipinski definition) is 4. The van der Waals surface area contributed by atoms with E-state index in [0.717, 1.165) is 19.5 Å². The van der Waals surface area contributed by atoms with E-state index in [2.05, 4.69) is 10.0 Å². The molecule has 1 fully saturated rings. The van der Waals surface area contributed by atoms with Gasteiger partial charge in [0.2, 0.25) is 10.0 Å². The van der Waals surface area contributed by atoms with Crippen LogP contribution >= 0.6 is 0 Å². The van der Waals surface area contributed by atoms with Crippen molar-refractivity contribution in [2.45, 2.75) is 12.5 Å². The van der Waals surface area contributed by atoms with Crippen molar-refractivity contribution in [2.24, 2.45) is 0 Å². The Balaban J connectivity index is 2.32. The van der Waals surface area contributed by atoms with Gasteiger partial charge in [0.25, 0.3) is 0 Å². The third-order valence-electron chi connectivity index (χ3n) is 1.96. The second-order valence-electron chi connectivity index (χ2n) is 3.12. The second-order valence-corrected chi connectivity index (χ2v) is 4.99. The third kappa shape index (κ3) is 4.04. The summed E-state index contributed by atoms with van der Waals surface area (Å²) in [6.07, 6.45) is 0.867. The van der Waals surface area contributed by atoms with E-state index in [1.807, 2.05) is 0 Å². The van der Waals surface area contributed by atoms with Crippen LogP contribution < -0.4 is 10.0 Å². The molecule has 1 atom stereocenters. The van der Waals surface area contributed by atoms with Gasteiger partial charge < -0.3 is 10.1 Å². The molecule has 1 heterocycles. The lowest BCUT2D eigenvalue weighted by molar-refractivity contribution is 0.216. The minimum absolute atomic E-state index is 0.0417. The molecule has 0 amide bonds. The Labute approximate surface area is 78.9 Å². The highest BCUT2D eigenvalue weighted by molar-refractivity contribution is 7.89. The van der Waals surface area contributed by atoms with Crippen LogP contribution in [0.1, 0.15) is 6.42 Å². The van der Waals surface area contributed by atoms with Crippen molar-refractivity contribution in [2.75, 3.05) is 32.6 Å². The van der Waals surface area contributed by atoms with Gasteiger partial charge in [-0.2, -0.15) is 0 Å². The standard InChI is InChI=1S/C7H16N2O3S/c1-12-4-5-13(10,11)9-7-2-3-8-6-7/h7-9H,2-6H2,1H3. The summed E-state index contributed by atoms with van der Waals surface area (Å²) < 4.78 is 30.0. The lowest BCUT2D eigenvalue weighted by Crippen LogP contribution is -2.38. The zero-order valence-electron chi connectivity index (χ0n) is 7.75. The summed E-state index contributed by atoms with van der Waals surface area (Å²) in [6, 6.07) is 0.0573. The van der Waals surface area contributed by atoms with Gasteiger partial charge in [-0.3, -0.25) is 0 Å². The zero-order chi connectivity index (χ0) is 9.73. The van der Waals surface area contributed by atoms with Gasteiger partial charge in [0.15, 0.2) is 0 Å². The lowest BCUT2D eigenvalue weighted by atomic mass is 10.3. The van der Waals surface area contributed by atoms with E-state index in [1.54, 1.807) is 0 Å². The van der Waals surface area contributed by atoms with E-state index in [4.69, 9.17) is 4.74 Å². The monoisotopic (exact) mass is 208 g/mol. The highest BCUT2D eigenvalue weighted by Crippen LogP contribution is 1.99. The second kappa shape index (κ2) is 4.90. The summed E-state index contributed by atoms with van der Waals surface area (Å²) >= 11 is 0. The smallest absolute Gasteiger partial charge is 0.214 e. The van der Waals surface area contributed by atoms with Crippen LogP contribution in [0.15, 0.2) is 0 Å². The Bertz CT molecular complexity index is 234. The molecule has 0 aliphatic carbocycles. The van der Waals surface area contributed by atoms with Crippen LogP contribution in [0.25, 0.3) is 0 Å². The van der Waals surface area contributed by atoms with E-state index < -0.39 is 10.0 Å². The van der Waals surface area contributed by atoms with Gasteiger partial charge >= 0.3 is 0 Å². The molecule has 0 aromatic heterocycles. The van der Waals surface area contributed by atoms with Crippen LogP contribution in [-0.2, 0) is 14.8 Å². The number of methoxy groups -OCH3 is 1. The van der Waals surface area contributed by atoms with E-state index in [0.29, 0.717) is 0 Å². The fourth-order valence-electron chi connectivity index (χ4n) is 1.26. The van der Waals surface area contributed by atoms with E-state index in [9.17, 15) is 8.42 Å². The molecule has 13 heavy (non-hydrogen) atoms. The predicted octanol–water partition coefficient (Wildman–Crippen LogP) is -1.09. The molecule has 1 saturated heterocycles. The highest BCUT2D eigenvalue weighted by atomic mass is 32.2. The highest BCUT2D eigenvalue weighted by Gasteiger charge is 2.20. The fourth-order valence-corrected chi connectivity index (χ4v) is 2.47. The molecular formula is C7H16N2O3S. The first-order chi connectivity index (χ1) is 6.14. The van der Waals surface area contributed by atoms with Gasteiger partial charge in [-0.15, -0.1) is 0 Å². The molecule has 0 bridgehead atoms. The molecule has 1 aliphatic rings. The number of ether oxygens (including phenoxy) is 1. The van der Waals surface area contributed by atoms with Gasteiger partial charge in [-0.25, -0.2) is 13.1 Å². The van der Waals surface area contributed by atoms with Crippen molar-refractivity contribution in [3.8, 4) is 0 Å². The van der Waals surface area contributed by atoms with Gasteiger partial charge in [-0.1, -0.05) is 0 Å². The van der Waals surface area contributed by atoms with E-state index >= 15 is 0 Å². The van der Waals surface area contributed by atoms with Gasteiger partial charge in [-0.05, 0) is 13.0 Å². The quantitative estimate of drug-likeness (QED) is 0.603. The molecule has 2 N–H and O–H groups in total. The SMILES string of the molecule is COCCS(=O)(=O)NC1CCNC1. The minimum Gasteiger partial charge on any atom is -0.384 e. The summed E-state index contributed by atoms with van der Waals surface area (Å²) in [4.78, 5) is 0. The van der Waals surface area contributed by atoms with Crippen LogP contribution in [0, 0.1) is 0 Å². The van der Waals surface area contributed by atoms with Crippen LogP contribution in [0.4, 0.5) is 0 Å². The third-order valence-corrected chi connectivity index (χ3v) is 3.36. The molecule has 1 rings (SSSR count). The number of sulfonamides is 1. The first kappa shape index (κ1) is 10.9. The van der Waals surface area contributed by atoms with Crippen molar-refractivity contribution in [1.82, 2.24) is 10.0 Å². The first-order valence-electron chi connectivity index (χ1n) is 4.34. The largest absolute Gasteiger partial charge is 0.384 e. The fraction of sp³-hybridized carbons (Fsp3) is 1.00. The number of rotatable bonds is 5. The molecule has 1 aliphatic heterocycles. The van der Waals surface area contributed by atoms with Crippen LogP contribution in [0.2, 0.25) is 0 Å². The molecule has 0 aromatic carbocycles. The Kier molecular flexibility index (Phi) is 4.11. The van der Waals surface area contributed by atoms with Crippen molar-refractivity contribution in [1.29, 1.82) is 0 Å². The average molecular weight is 208 g/mol. The van der Waals surface area contributed by atoms with Crippen LogP contribution in [0.5, 0.6) is 0 Å². The molecule has 6 heteroatoms. The Hall–Kier alpha value is -0.170. The van der Waals surface area contributed by atoms with E-state index in [-0.39, 0.29) is 18.4 Å². The zero-order valence-corrected chi connectivity index (χ0v) is 8.56. The predicted molar refractivity (Wildman–Crippen MR) is 50.1 cm³/mol. The average Bonchev–Trinajstić information content (AvgIpc) is 2.52. The molecule has 78 valence electrons. The lowest BCUT2D eigenvalue weighted by Gasteiger charge is -2.11. The summed E-state index contributed by atoms with van der Waals surface area (Å²) in [5.41, 5.74) is 0. The minimum atomic E-state index is -3.14. The molecule has 0 aromatic rings. The van der Waals surface area contributed by atoms with Crippen LogP contribution in [-0.4, -0.2) is 47.0 Å². The maximum absolute atomic E-state index is 11.3. The summed E-state index contributed by atoms with van der Waals surface area (Å²) in [7, 11) is -1.65. The maximum Gasteiger partial charge on any atom is 0.214 e. The molecular weight excluding hydrogens is 192 g/mol. The molecule has 0 saturated carbocycles. The maximum atomic E-state index is 11.3. The molecule has 1 unspecified atom stereocenters. The van der Waals surface area contributed by atoms with Crippen LogP contribution in [0.3, 0.4) is 0 Å². The van der Waals surface area contributed by atoms with Gasteiger partial charge in [0, 0.05) is 19.7 Å². The summed E-state index contributed by atoms with van der Waals surface area (Å²) in [5.74, 6) is 0.0417.